The molecule has 1 aromatic carbocycles. The van der Waals surface area contributed by atoms with Crippen molar-refractivity contribution in [2.75, 3.05) is 40.0 Å². The number of hydrogen-bond acceptors (Lipinski definition) is 3. The van der Waals surface area contributed by atoms with Gasteiger partial charge in [0.15, 0.2) is 5.96 Å². The van der Waals surface area contributed by atoms with E-state index in [0.717, 1.165) is 69.4 Å². The lowest BCUT2D eigenvalue weighted by molar-refractivity contribution is 0.144. The minimum Gasteiger partial charge on any atom is -0.496 e. The number of aliphatic imine (C=N–C) groups is 1. The Hall–Kier alpha value is -1.75. The van der Waals surface area contributed by atoms with E-state index in [0.29, 0.717) is 0 Å². The fourth-order valence-corrected chi connectivity index (χ4v) is 2.34. The molecule has 1 aromatic rings. The van der Waals surface area contributed by atoms with Crippen molar-refractivity contribution in [1.29, 1.82) is 0 Å². The first-order valence-electron chi connectivity index (χ1n) is 8.94. The van der Waals surface area contributed by atoms with Crippen LogP contribution in [0, 0.1) is 6.92 Å². The minimum absolute atomic E-state index is 0.789. The van der Waals surface area contributed by atoms with Crippen molar-refractivity contribution in [3.63, 3.8) is 0 Å². The molecule has 24 heavy (non-hydrogen) atoms. The zero-order valence-corrected chi connectivity index (χ0v) is 15.7. The first kappa shape index (κ1) is 20.3. The SMILES string of the molecule is CCNC(=NCCCCOCC)NCCc1ccc(C)c(OC)c1. The first-order chi connectivity index (χ1) is 11.7. The van der Waals surface area contributed by atoms with Crippen LogP contribution in [0.2, 0.25) is 0 Å². The molecule has 0 unspecified atom stereocenters. The molecule has 0 saturated heterocycles. The maximum atomic E-state index is 5.38. The molecule has 0 aromatic heterocycles. The van der Waals surface area contributed by atoms with Crippen molar-refractivity contribution >= 4 is 5.96 Å². The van der Waals surface area contributed by atoms with E-state index in [1.54, 1.807) is 7.11 Å². The molecule has 0 heterocycles. The third kappa shape index (κ3) is 8.20. The molecule has 5 heteroatoms. The maximum Gasteiger partial charge on any atom is 0.191 e. The van der Waals surface area contributed by atoms with Gasteiger partial charge in [0.05, 0.1) is 7.11 Å². The Morgan fingerprint density at radius 3 is 2.71 bits per heavy atom. The second-order valence-electron chi connectivity index (χ2n) is 5.65. The fraction of sp³-hybridized carbons (Fsp3) is 0.632. The molecular formula is C19H33N3O2. The van der Waals surface area contributed by atoms with Gasteiger partial charge in [0.1, 0.15) is 5.75 Å². The van der Waals surface area contributed by atoms with Crippen LogP contribution in [0.4, 0.5) is 0 Å². The molecule has 0 saturated carbocycles. The second-order valence-corrected chi connectivity index (χ2v) is 5.65. The van der Waals surface area contributed by atoms with E-state index < -0.39 is 0 Å². The van der Waals surface area contributed by atoms with E-state index >= 15 is 0 Å². The maximum absolute atomic E-state index is 5.38. The zero-order valence-electron chi connectivity index (χ0n) is 15.7. The lowest BCUT2D eigenvalue weighted by Crippen LogP contribution is -2.38. The van der Waals surface area contributed by atoms with Gasteiger partial charge in [0.2, 0.25) is 0 Å². The average Bonchev–Trinajstić information content (AvgIpc) is 2.59. The third-order valence-electron chi connectivity index (χ3n) is 3.69. The van der Waals surface area contributed by atoms with E-state index in [-0.39, 0.29) is 0 Å². The normalized spacial score (nSPS) is 11.4. The molecular weight excluding hydrogens is 302 g/mol. The van der Waals surface area contributed by atoms with Gasteiger partial charge in [0.25, 0.3) is 0 Å². The number of nitrogens with one attached hydrogen (secondary N) is 2. The van der Waals surface area contributed by atoms with E-state index in [4.69, 9.17) is 9.47 Å². The number of ether oxygens (including phenoxy) is 2. The lowest BCUT2D eigenvalue weighted by Gasteiger charge is -2.12. The summed E-state index contributed by atoms with van der Waals surface area (Å²) in [7, 11) is 1.71. The standard InChI is InChI=1S/C19H33N3O2/c1-5-20-19(21-12-7-8-14-24-6-2)22-13-11-17-10-9-16(3)18(15-17)23-4/h9-10,15H,5-8,11-14H2,1-4H3,(H2,20,21,22). The van der Waals surface area contributed by atoms with Crippen LogP contribution < -0.4 is 15.4 Å². The summed E-state index contributed by atoms with van der Waals surface area (Å²) in [6, 6.07) is 6.36. The Labute approximate surface area is 146 Å². The van der Waals surface area contributed by atoms with Crippen molar-refractivity contribution < 1.29 is 9.47 Å². The highest BCUT2D eigenvalue weighted by atomic mass is 16.5. The summed E-state index contributed by atoms with van der Waals surface area (Å²) in [5.74, 6) is 1.83. The quantitative estimate of drug-likeness (QED) is 0.371. The minimum atomic E-state index is 0.789. The molecule has 0 aliphatic carbocycles. The number of guanidine groups is 1. The highest BCUT2D eigenvalue weighted by Gasteiger charge is 2.02. The van der Waals surface area contributed by atoms with Gasteiger partial charge in [-0.3, -0.25) is 4.99 Å². The molecule has 0 bridgehead atoms. The van der Waals surface area contributed by atoms with Crippen LogP contribution in [0.25, 0.3) is 0 Å². The second kappa shape index (κ2) is 12.6. The summed E-state index contributed by atoms with van der Waals surface area (Å²) < 4.78 is 10.7. The first-order valence-corrected chi connectivity index (χ1v) is 8.94. The molecule has 2 N–H and O–H groups in total. The molecule has 0 aliphatic heterocycles. The Bertz CT molecular complexity index is 490. The van der Waals surface area contributed by atoms with Crippen molar-refractivity contribution in [3.8, 4) is 5.75 Å². The van der Waals surface area contributed by atoms with Crippen molar-refractivity contribution in [2.45, 2.75) is 40.0 Å². The van der Waals surface area contributed by atoms with Crippen molar-refractivity contribution in [3.05, 3.63) is 29.3 Å². The summed E-state index contributed by atoms with van der Waals surface area (Å²) >= 11 is 0. The highest BCUT2D eigenvalue weighted by molar-refractivity contribution is 5.79. The van der Waals surface area contributed by atoms with E-state index in [2.05, 4.69) is 47.7 Å². The van der Waals surface area contributed by atoms with Gasteiger partial charge < -0.3 is 20.1 Å². The molecule has 0 spiro atoms. The van der Waals surface area contributed by atoms with Crippen molar-refractivity contribution in [1.82, 2.24) is 10.6 Å². The largest absolute Gasteiger partial charge is 0.496 e. The molecule has 0 amide bonds. The number of hydrogen-bond donors (Lipinski definition) is 2. The topological polar surface area (TPSA) is 54.9 Å². The van der Waals surface area contributed by atoms with Gasteiger partial charge in [-0.05, 0) is 57.2 Å². The van der Waals surface area contributed by atoms with E-state index in [1.807, 2.05) is 6.92 Å². The third-order valence-corrected chi connectivity index (χ3v) is 3.69. The Morgan fingerprint density at radius 1 is 1.17 bits per heavy atom. The predicted octanol–water partition coefficient (Wildman–Crippen LogP) is 2.92. The summed E-state index contributed by atoms with van der Waals surface area (Å²) in [5, 5.41) is 6.68. The number of unbranched alkanes of at least 4 members (excludes halogenated alkanes) is 1. The van der Waals surface area contributed by atoms with Crippen LogP contribution in [0.15, 0.2) is 23.2 Å². The van der Waals surface area contributed by atoms with Crippen LogP contribution in [-0.2, 0) is 11.2 Å². The molecule has 0 atom stereocenters. The molecule has 0 radical (unpaired) electrons. The van der Waals surface area contributed by atoms with Gasteiger partial charge in [-0.25, -0.2) is 0 Å². The fourth-order valence-electron chi connectivity index (χ4n) is 2.34. The number of aryl methyl sites for hydroxylation is 1. The van der Waals surface area contributed by atoms with Crippen LogP contribution in [0.5, 0.6) is 5.75 Å². The molecule has 5 nitrogen and oxygen atoms in total. The van der Waals surface area contributed by atoms with Gasteiger partial charge >= 0.3 is 0 Å². The summed E-state index contributed by atoms with van der Waals surface area (Å²) in [5.41, 5.74) is 2.42. The molecule has 1 rings (SSSR count). The Morgan fingerprint density at radius 2 is 2.00 bits per heavy atom. The van der Waals surface area contributed by atoms with Crippen molar-refractivity contribution in [2.24, 2.45) is 4.99 Å². The molecule has 136 valence electrons. The van der Waals surface area contributed by atoms with Gasteiger partial charge in [-0.15, -0.1) is 0 Å². The number of nitrogens with zero attached hydrogens (tertiary/aromatic N) is 1. The smallest absolute Gasteiger partial charge is 0.191 e. The van der Waals surface area contributed by atoms with Crippen LogP contribution in [0.1, 0.15) is 37.8 Å². The van der Waals surface area contributed by atoms with Crippen LogP contribution >= 0.6 is 0 Å². The van der Waals surface area contributed by atoms with E-state index in [9.17, 15) is 0 Å². The van der Waals surface area contributed by atoms with Crippen LogP contribution in [-0.4, -0.2) is 45.9 Å². The number of methoxy groups -OCH3 is 1. The van der Waals surface area contributed by atoms with Gasteiger partial charge in [-0.2, -0.15) is 0 Å². The number of rotatable bonds is 11. The average molecular weight is 335 g/mol. The lowest BCUT2D eigenvalue weighted by atomic mass is 10.1. The summed E-state index contributed by atoms with van der Waals surface area (Å²) in [6.45, 7) is 10.3. The van der Waals surface area contributed by atoms with E-state index in [1.165, 1.54) is 5.56 Å². The summed E-state index contributed by atoms with van der Waals surface area (Å²) in [6.07, 6.45) is 3.04. The Balaban J connectivity index is 2.37. The zero-order chi connectivity index (χ0) is 17.6. The van der Waals surface area contributed by atoms with Gasteiger partial charge in [-0.1, -0.05) is 12.1 Å². The number of benzene rings is 1. The molecule has 0 fully saturated rings. The van der Waals surface area contributed by atoms with Crippen LogP contribution in [0.3, 0.4) is 0 Å². The monoisotopic (exact) mass is 335 g/mol. The predicted molar refractivity (Wildman–Crippen MR) is 101 cm³/mol. The highest BCUT2D eigenvalue weighted by Crippen LogP contribution is 2.18. The summed E-state index contributed by atoms with van der Waals surface area (Å²) in [4.78, 5) is 4.60. The van der Waals surface area contributed by atoms with Gasteiger partial charge in [0, 0.05) is 32.8 Å². The molecule has 0 aliphatic rings. The Kier molecular flexibility index (Phi) is 10.7.